The lowest BCUT2D eigenvalue weighted by Crippen LogP contribution is -2.15. The molecule has 1 heterocycles. The Morgan fingerprint density at radius 1 is 1.24 bits per heavy atom. The molecule has 0 saturated heterocycles. The molecular weight excluding hydrogens is 228 g/mol. The highest BCUT2D eigenvalue weighted by Crippen LogP contribution is 2.28. The van der Waals surface area contributed by atoms with Gasteiger partial charge in [-0.2, -0.15) is 0 Å². The summed E-state index contributed by atoms with van der Waals surface area (Å²) in [4.78, 5) is 5.72. The standard InChI is InChI=1S/C14H16N2S/c1-2-4-12(5-3-1)13-9-16-14(17-13)10-15-8-11-6-7-11/h1-5,9,11,15H,6-8,10H2. The molecule has 0 bridgehead atoms. The summed E-state index contributed by atoms with van der Waals surface area (Å²) in [5.74, 6) is 0.934. The van der Waals surface area contributed by atoms with Gasteiger partial charge >= 0.3 is 0 Å². The summed E-state index contributed by atoms with van der Waals surface area (Å²) in [5.41, 5.74) is 1.26. The summed E-state index contributed by atoms with van der Waals surface area (Å²) >= 11 is 1.78. The third-order valence-corrected chi connectivity index (χ3v) is 4.06. The molecule has 1 aliphatic carbocycles. The van der Waals surface area contributed by atoms with Gasteiger partial charge in [0, 0.05) is 12.7 Å². The van der Waals surface area contributed by atoms with Crippen molar-refractivity contribution in [2.24, 2.45) is 5.92 Å². The second-order valence-corrected chi connectivity index (χ2v) is 5.67. The van der Waals surface area contributed by atoms with Crippen LogP contribution in [0.25, 0.3) is 10.4 Å². The summed E-state index contributed by atoms with van der Waals surface area (Å²) < 4.78 is 0. The lowest BCUT2D eigenvalue weighted by Gasteiger charge is -1.99. The molecular formula is C14H16N2S. The van der Waals surface area contributed by atoms with Crippen molar-refractivity contribution in [3.63, 3.8) is 0 Å². The highest BCUT2D eigenvalue weighted by Gasteiger charge is 2.20. The number of thiazole rings is 1. The van der Waals surface area contributed by atoms with Crippen LogP contribution >= 0.6 is 11.3 Å². The first-order chi connectivity index (χ1) is 8.42. The molecule has 88 valence electrons. The van der Waals surface area contributed by atoms with E-state index >= 15 is 0 Å². The van der Waals surface area contributed by atoms with Crippen molar-refractivity contribution in [2.75, 3.05) is 6.54 Å². The predicted molar refractivity (Wildman–Crippen MR) is 72.0 cm³/mol. The highest BCUT2D eigenvalue weighted by atomic mass is 32.1. The Morgan fingerprint density at radius 2 is 2.06 bits per heavy atom. The lowest BCUT2D eigenvalue weighted by molar-refractivity contribution is 0.637. The zero-order valence-electron chi connectivity index (χ0n) is 9.73. The summed E-state index contributed by atoms with van der Waals surface area (Å²) in [5, 5.41) is 4.66. The molecule has 0 atom stereocenters. The van der Waals surface area contributed by atoms with Gasteiger partial charge in [0.1, 0.15) is 5.01 Å². The van der Waals surface area contributed by atoms with Gasteiger partial charge in [0.25, 0.3) is 0 Å². The Kier molecular flexibility index (Phi) is 3.20. The van der Waals surface area contributed by atoms with Crippen molar-refractivity contribution in [1.29, 1.82) is 0 Å². The molecule has 3 heteroatoms. The van der Waals surface area contributed by atoms with Crippen LogP contribution in [0.15, 0.2) is 36.5 Å². The first-order valence-electron chi connectivity index (χ1n) is 6.12. The van der Waals surface area contributed by atoms with Crippen LogP contribution < -0.4 is 5.32 Å². The minimum Gasteiger partial charge on any atom is -0.310 e. The molecule has 1 aliphatic rings. The van der Waals surface area contributed by atoms with Crippen LogP contribution in [0.4, 0.5) is 0 Å². The molecule has 0 amide bonds. The number of hydrogen-bond acceptors (Lipinski definition) is 3. The van der Waals surface area contributed by atoms with Crippen molar-refractivity contribution < 1.29 is 0 Å². The van der Waals surface area contributed by atoms with E-state index in [1.54, 1.807) is 11.3 Å². The fraction of sp³-hybridized carbons (Fsp3) is 0.357. The van der Waals surface area contributed by atoms with E-state index in [2.05, 4.69) is 34.6 Å². The second kappa shape index (κ2) is 4.98. The van der Waals surface area contributed by atoms with Crippen LogP contribution in [0, 0.1) is 5.92 Å². The van der Waals surface area contributed by atoms with Crippen molar-refractivity contribution in [3.05, 3.63) is 41.5 Å². The van der Waals surface area contributed by atoms with E-state index in [0.717, 1.165) is 19.0 Å². The lowest BCUT2D eigenvalue weighted by atomic mass is 10.2. The fourth-order valence-electron chi connectivity index (χ4n) is 1.83. The maximum absolute atomic E-state index is 4.47. The van der Waals surface area contributed by atoms with Crippen LogP contribution in [0.2, 0.25) is 0 Å². The van der Waals surface area contributed by atoms with E-state index in [1.165, 1.54) is 28.3 Å². The maximum atomic E-state index is 4.47. The molecule has 1 N–H and O–H groups in total. The van der Waals surface area contributed by atoms with Crippen molar-refractivity contribution >= 4 is 11.3 Å². The van der Waals surface area contributed by atoms with Gasteiger partial charge in [0.15, 0.2) is 0 Å². The summed E-state index contributed by atoms with van der Waals surface area (Å²) in [7, 11) is 0. The molecule has 2 nitrogen and oxygen atoms in total. The molecule has 0 radical (unpaired) electrons. The Hall–Kier alpha value is -1.19. The van der Waals surface area contributed by atoms with E-state index in [4.69, 9.17) is 0 Å². The SMILES string of the molecule is c1ccc(-c2cnc(CNCC3CC3)s2)cc1. The molecule has 1 aromatic heterocycles. The van der Waals surface area contributed by atoms with Crippen LogP contribution in [-0.2, 0) is 6.54 Å². The van der Waals surface area contributed by atoms with Crippen molar-refractivity contribution in [1.82, 2.24) is 10.3 Å². The summed E-state index contributed by atoms with van der Waals surface area (Å²) in [6, 6.07) is 10.5. The van der Waals surface area contributed by atoms with E-state index in [-0.39, 0.29) is 0 Å². The van der Waals surface area contributed by atoms with Gasteiger partial charge in [0.2, 0.25) is 0 Å². The predicted octanol–water partition coefficient (Wildman–Crippen LogP) is 3.31. The number of nitrogens with one attached hydrogen (secondary N) is 1. The van der Waals surface area contributed by atoms with Gasteiger partial charge in [0.05, 0.1) is 4.88 Å². The zero-order chi connectivity index (χ0) is 11.5. The largest absolute Gasteiger partial charge is 0.310 e. The molecule has 0 aliphatic heterocycles. The van der Waals surface area contributed by atoms with E-state index < -0.39 is 0 Å². The molecule has 0 unspecified atom stereocenters. The van der Waals surface area contributed by atoms with Gasteiger partial charge in [-0.15, -0.1) is 11.3 Å². The van der Waals surface area contributed by atoms with Gasteiger partial charge in [-0.1, -0.05) is 30.3 Å². The highest BCUT2D eigenvalue weighted by molar-refractivity contribution is 7.15. The van der Waals surface area contributed by atoms with Gasteiger partial charge < -0.3 is 5.32 Å². The molecule has 0 spiro atoms. The summed E-state index contributed by atoms with van der Waals surface area (Å²) in [6.07, 6.45) is 4.79. The Morgan fingerprint density at radius 3 is 2.82 bits per heavy atom. The third-order valence-electron chi connectivity index (χ3n) is 3.02. The molecule has 1 aromatic carbocycles. The van der Waals surface area contributed by atoms with E-state index in [0.29, 0.717) is 0 Å². The van der Waals surface area contributed by atoms with Crippen LogP contribution in [0.3, 0.4) is 0 Å². The first-order valence-corrected chi connectivity index (χ1v) is 6.94. The quantitative estimate of drug-likeness (QED) is 0.873. The monoisotopic (exact) mass is 244 g/mol. The number of rotatable bonds is 5. The van der Waals surface area contributed by atoms with Crippen molar-refractivity contribution in [3.8, 4) is 10.4 Å². The molecule has 1 saturated carbocycles. The van der Waals surface area contributed by atoms with E-state index in [1.807, 2.05) is 12.3 Å². The van der Waals surface area contributed by atoms with Crippen LogP contribution in [-0.4, -0.2) is 11.5 Å². The number of aromatic nitrogens is 1. The minimum absolute atomic E-state index is 0.911. The minimum atomic E-state index is 0.911. The average Bonchev–Trinajstić information content (AvgIpc) is 3.07. The third kappa shape index (κ3) is 2.93. The second-order valence-electron chi connectivity index (χ2n) is 4.56. The Labute approximate surface area is 106 Å². The normalized spacial score (nSPS) is 15.1. The number of hydrogen-bond donors (Lipinski definition) is 1. The van der Waals surface area contributed by atoms with Crippen LogP contribution in [0.1, 0.15) is 17.8 Å². The number of nitrogens with zero attached hydrogens (tertiary/aromatic N) is 1. The van der Waals surface area contributed by atoms with Gasteiger partial charge in [-0.3, -0.25) is 0 Å². The molecule has 2 aromatic rings. The first kappa shape index (κ1) is 10.9. The summed E-state index contributed by atoms with van der Waals surface area (Å²) in [6.45, 7) is 2.06. The van der Waals surface area contributed by atoms with Crippen LogP contribution in [0.5, 0.6) is 0 Å². The van der Waals surface area contributed by atoms with Gasteiger partial charge in [-0.05, 0) is 30.9 Å². The Balaban J connectivity index is 1.61. The Bertz CT molecular complexity index is 474. The van der Waals surface area contributed by atoms with E-state index in [9.17, 15) is 0 Å². The smallest absolute Gasteiger partial charge is 0.107 e. The molecule has 17 heavy (non-hydrogen) atoms. The molecule has 1 fully saturated rings. The maximum Gasteiger partial charge on any atom is 0.107 e. The fourth-order valence-corrected chi connectivity index (χ4v) is 2.73. The zero-order valence-corrected chi connectivity index (χ0v) is 10.5. The molecule has 3 rings (SSSR count). The average molecular weight is 244 g/mol. The van der Waals surface area contributed by atoms with Gasteiger partial charge in [-0.25, -0.2) is 4.98 Å². The van der Waals surface area contributed by atoms with Crippen molar-refractivity contribution in [2.45, 2.75) is 19.4 Å². The number of benzene rings is 1. The topological polar surface area (TPSA) is 24.9 Å².